The highest BCUT2D eigenvalue weighted by Gasteiger charge is 2.52. The van der Waals surface area contributed by atoms with Crippen molar-refractivity contribution >= 4 is 50.1 Å². The first kappa shape index (κ1) is 39.4. The van der Waals surface area contributed by atoms with Crippen LogP contribution in [0.4, 0.5) is 17.1 Å². The van der Waals surface area contributed by atoms with Gasteiger partial charge in [0.05, 0.1) is 5.41 Å². The molecule has 1 spiro atoms. The fraction of sp³-hybridized carbons (Fsp3) is 0.108. The van der Waals surface area contributed by atoms with Gasteiger partial charge in [0.1, 0.15) is 11.2 Å². The van der Waals surface area contributed by atoms with Crippen molar-refractivity contribution in [2.24, 2.45) is 0 Å². The van der Waals surface area contributed by atoms with Crippen LogP contribution in [0.3, 0.4) is 0 Å². The number of anilines is 3. The van der Waals surface area contributed by atoms with Gasteiger partial charge in [0.25, 0.3) is 0 Å². The van der Waals surface area contributed by atoms with Gasteiger partial charge in [-0.2, -0.15) is 0 Å². The molecular weight excluding hydrogens is 811 g/mol. The first-order valence-corrected chi connectivity index (χ1v) is 23.7. The second kappa shape index (κ2) is 14.8. The summed E-state index contributed by atoms with van der Waals surface area (Å²) in [5.41, 5.74) is 25.0. The number of para-hydroxylation sites is 1. The lowest BCUT2D eigenvalue weighted by molar-refractivity contribution is 0.639. The standard InChI is InChI=1S/C65H49NO/c1-5-6-20-48-41(2)64(3,4)58-39-47(37-38-51(48)58)66(45-33-29-43(30-34-45)42-18-8-7-9-19-42)46-35-31-44(32-36-46)54-40-59-61(62-53-24-13-17-28-60(53)67-63(54)62)52-23-12-16-27-57(52)65(59)55-25-14-10-21-49(55)50-22-11-15-26-56(50)65/h5-6,8,10-40H,1,7,9H2,2-4H3/b20-6-. The van der Waals surface area contributed by atoms with E-state index >= 15 is 0 Å². The van der Waals surface area contributed by atoms with Crippen LogP contribution < -0.4 is 4.90 Å². The van der Waals surface area contributed by atoms with Crippen molar-refractivity contribution in [3.05, 3.63) is 257 Å². The molecule has 0 bridgehead atoms. The minimum atomic E-state index is -0.483. The van der Waals surface area contributed by atoms with Crippen LogP contribution in [-0.4, -0.2) is 0 Å². The van der Waals surface area contributed by atoms with E-state index in [1.807, 2.05) is 6.08 Å². The number of furan rings is 1. The molecule has 8 aromatic carbocycles. The van der Waals surface area contributed by atoms with Crippen molar-refractivity contribution in [1.29, 1.82) is 0 Å². The molecule has 4 aliphatic carbocycles. The Morgan fingerprint density at radius 3 is 1.85 bits per heavy atom. The molecule has 4 aliphatic rings. The van der Waals surface area contributed by atoms with E-state index in [0.717, 1.165) is 57.6 Å². The second-order valence-electron chi connectivity index (χ2n) is 19.1. The molecule has 0 N–H and O–H groups in total. The third kappa shape index (κ3) is 5.57. The van der Waals surface area contributed by atoms with Gasteiger partial charge < -0.3 is 9.32 Å². The van der Waals surface area contributed by atoms with Crippen LogP contribution >= 0.6 is 0 Å². The lowest BCUT2D eigenvalue weighted by Crippen LogP contribution is -2.25. The average molecular weight is 860 g/mol. The highest BCUT2D eigenvalue weighted by Crippen LogP contribution is 2.65. The zero-order chi connectivity index (χ0) is 45.0. The second-order valence-corrected chi connectivity index (χ2v) is 19.1. The summed E-state index contributed by atoms with van der Waals surface area (Å²) in [4.78, 5) is 2.42. The molecule has 0 radical (unpaired) electrons. The van der Waals surface area contributed by atoms with Gasteiger partial charge in [-0.1, -0.05) is 184 Å². The number of nitrogens with zero attached hydrogens (tertiary/aromatic N) is 1. The fourth-order valence-corrected chi connectivity index (χ4v) is 12.1. The third-order valence-electron chi connectivity index (χ3n) is 15.5. The van der Waals surface area contributed by atoms with Crippen LogP contribution in [0.15, 0.2) is 223 Å². The molecule has 0 saturated heterocycles. The van der Waals surface area contributed by atoms with Crippen LogP contribution in [0, 0.1) is 0 Å². The van der Waals surface area contributed by atoms with Gasteiger partial charge in [-0.3, -0.25) is 0 Å². The molecule has 2 nitrogen and oxygen atoms in total. The summed E-state index contributed by atoms with van der Waals surface area (Å²) < 4.78 is 7.02. The Labute approximate surface area is 392 Å². The van der Waals surface area contributed by atoms with E-state index in [2.05, 4.69) is 232 Å². The van der Waals surface area contributed by atoms with Crippen LogP contribution in [0.25, 0.3) is 66.5 Å². The molecule has 0 unspecified atom stereocenters. The first-order valence-electron chi connectivity index (χ1n) is 23.7. The van der Waals surface area contributed by atoms with Crippen molar-refractivity contribution in [2.75, 3.05) is 4.90 Å². The van der Waals surface area contributed by atoms with Gasteiger partial charge in [0, 0.05) is 38.8 Å². The molecular formula is C65H49NO. The Bertz CT molecular complexity index is 3630. The fourth-order valence-electron chi connectivity index (χ4n) is 12.1. The summed E-state index contributed by atoms with van der Waals surface area (Å²) >= 11 is 0. The quantitative estimate of drug-likeness (QED) is 0.148. The number of hydrogen-bond donors (Lipinski definition) is 0. The number of rotatable bonds is 7. The van der Waals surface area contributed by atoms with E-state index in [1.54, 1.807) is 0 Å². The number of allylic oxidation sites excluding steroid dienone is 9. The van der Waals surface area contributed by atoms with Gasteiger partial charge in [-0.25, -0.2) is 0 Å². The van der Waals surface area contributed by atoms with Gasteiger partial charge in [0.2, 0.25) is 0 Å². The Kier molecular flexibility index (Phi) is 8.70. The molecule has 0 amide bonds. The monoisotopic (exact) mass is 859 g/mol. The van der Waals surface area contributed by atoms with Crippen molar-refractivity contribution < 1.29 is 4.42 Å². The highest BCUT2D eigenvalue weighted by atomic mass is 16.3. The summed E-state index contributed by atoms with van der Waals surface area (Å²) in [7, 11) is 0. The average Bonchev–Trinajstić information content (AvgIpc) is 4.06. The zero-order valence-corrected chi connectivity index (χ0v) is 38.1. The Hall–Kier alpha value is -7.94. The van der Waals surface area contributed by atoms with E-state index in [1.165, 1.54) is 83.3 Å². The lowest BCUT2D eigenvalue weighted by Gasteiger charge is -2.31. The SMILES string of the molecule is C=C/C=C\C1=C(C)C(C)(C)c2cc(N(c3ccc(C4=CCCC=C4)cc3)c3ccc(-c4cc5c(c6c4oc4ccccc46)-c4ccccc4C54c5ccccc5-c5ccccc54)cc3)ccc21. The van der Waals surface area contributed by atoms with Crippen LogP contribution in [0.1, 0.15) is 72.6 Å². The Morgan fingerprint density at radius 1 is 0.567 bits per heavy atom. The van der Waals surface area contributed by atoms with E-state index < -0.39 is 5.41 Å². The van der Waals surface area contributed by atoms with E-state index in [0.29, 0.717) is 0 Å². The van der Waals surface area contributed by atoms with Gasteiger partial charge in [-0.05, 0) is 146 Å². The van der Waals surface area contributed by atoms with Gasteiger partial charge in [-0.15, -0.1) is 0 Å². The summed E-state index contributed by atoms with van der Waals surface area (Å²) in [6.45, 7) is 10.9. The van der Waals surface area contributed by atoms with E-state index in [9.17, 15) is 0 Å². The van der Waals surface area contributed by atoms with Gasteiger partial charge in [0.15, 0.2) is 0 Å². The summed E-state index contributed by atoms with van der Waals surface area (Å²) in [6.07, 6.45) is 15.2. The molecule has 9 aromatic rings. The predicted octanol–water partition coefficient (Wildman–Crippen LogP) is 17.6. The van der Waals surface area contributed by atoms with Crippen LogP contribution in [-0.2, 0) is 10.8 Å². The zero-order valence-electron chi connectivity index (χ0n) is 38.1. The highest BCUT2D eigenvalue weighted by molar-refractivity contribution is 6.19. The number of hydrogen-bond acceptors (Lipinski definition) is 2. The lowest BCUT2D eigenvalue weighted by atomic mass is 9.70. The van der Waals surface area contributed by atoms with E-state index in [4.69, 9.17) is 4.42 Å². The van der Waals surface area contributed by atoms with Crippen LogP contribution in [0.2, 0.25) is 0 Å². The maximum atomic E-state index is 7.02. The molecule has 0 saturated carbocycles. The van der Waals surface area contributed by atoms with Crippen molar-refractivity contribution in [3.8, 4) is 33.4 Å². The smallest absolute Gasteiger partial charge is 0.143 e. The number of benzene rings is 8. The third-order valence-corrected chi connectivity index (χ3v) is 15.5. The molecule has 320 valence electrons. The molecule has 1 aromatic heterocycles. The minimum absolute atomic E-state index is 0.131. The summed E-state index contributed by atoms with van der Waals surface area (Å²) in [5.74, 6) is 0. The molecule has 2 heteroatoms. The molecule has 13 rings (SSSR count). The maximum absolute atomic E-state index is 7.02. The summed E-state index contributed by atoms with van der Waals surface area (Å²) in [6, 6.07) is 63.5. The molecule has 0 fully saturated rings. The maximum Gasteiger partial charge on any atom is 0.143 e. The number of fused-ring (bicyclic) bond motifs is 15. The predicted molar refractivity (Wildman–Crippen MR) is 281 cm³/mol. The minimum Gasteiger partial charge on any atom is -0.455 e. The van der Waals surface area contributed by atoms with Crippen molar-refractivity contribution in [3.63, 3.8) is 0 Å². The first-order chi connectivity index (χ1) is 32.9. The summed E-state index contributed by atoms with van der Waals surface area (Å²) in [5, 5.41) is 2.31. The van der Waals surface area contributed by atoms with Gasteiger partial charge >= 0.3 is 0 Å². The van der Waals surface area contributed by atoms with Crippen LogP contribution in [0.5, 0.6) is 0 Å². The van der Waals surface area contributed by atoms with Crippen molar-refractivity contribution in [1.82, 2.24) is 0 Å². The van der Waals surface area contributed by atoms with E-state index in [-0.39, 0.29) is 5.41 Å². The largest absolute Gasteiger partial charge is 0.455 e. The molecule has 67 heavy (non-hydrogen) atoms. The van der Waals surface area contributed by atoms with Crippen molar-refractivity contribution in [2.45, 2.75) is 44.4 Å². The molecule has 0 atom stereocenters. The Balaban J connectivity index is 1.01. The molecule has 0 aliphatic heterocycles. The normalized spacial score (nSPS) is 15.8. The molecule has 1 heterocycles. The Morgan fingerprint density at radius 2 is 1.18 bits per heavy atom. The topological polar surface area (TPSA) is 16.4 Å².